The number of nitriles is 1. The van der Waals surface area contributed by atoms with Gasteiger partial charge in [-0.15, -0.1) is 0 Å². The van der Waals surface area contributed by atoms with Gasteiger partial charge in [0.05, 0.1) is 17.1 Å². The molecule has 3 nitrogen and oxygen atoms in total. The van der Waals surface area contributed by atoms with Gasteiger partial charge in [0, 0.05) is 18.1 Å². The Kier molecular flexibility index (Phi) is 3.79. The molecule has 0 radical (unpaired) electrons. The van der Waals surface area contributed by atoms with E-state index in [-0.39, 0.29) is 12.5 Å². The van der Waals surface area contributed by atoms with Gasteiger partial charge in [-0.3, -0.25) is 0 Å². The molecule has 1 aromatic heterocycles. The molecule has 19 heavy (non-hydrogen) atoms. The fourth-order valence-corrected chi connectivity index (χ4v) is 2.34. The van der Waals surface area contributed by atoms with Gasteiger partial charge in [0.1, 0.15) is 12.4 Å². The highest BCUT2D eigenvalue weighted by atomic mass is 19.2. The van der Waals surface area contributed by atoms with Crippen LogP contribution in [0.3, 0.4) is 0 Å². The number of aromatic nitrogens is 2. The second-order valence-corrected chi connectivity index (χ2v) is 4.48. The Morgan fingerprint density at radius 1 is 1.26 bits per heavy atom. The largest absolute Gasteiger partial charge is 0.314 e. The minimum atomic E-state index is -0.914. The first-order chi connectivity index (χ1) is 9.12. The van der Waals surface area contributed by atoms with Gasteiger partial charge < -0.3 is 4.57 Å². The highest BCUT2D eigenvalue weighted by molar-refractivity contribution is 5.76. The molecule has 100 valence electrons. The van der Waals surface area contributed by atoms with Gasteiger partial charge in [-0.2, -0.15) is 5.26 Å². The molecule has 0 N–H and O–H groups in total. The number of hydrogen-bond donors (Lipinski definition) is 0. The lowest BCUT2D eigenvalue weighted by Gasteiger charge is -2.13. The van der Waals surface area contributed by atoms with E-state index in [1.54, 1.807) is 4.57 Å². The summed E-state index contributed by atoms with van der Waals surface area (Å²) >= 11 is 0. The van der Waals surface area contributed by atoms with E-state index < -0.39 is 11.6 Å². The molecule has 1 aromatic carbocycles. The maximum Gasteiger partial charge on any atom is 0.161 e. The van der Waals surface area contributed by atoms with E-state index in [9.17, 15) is 8.78 Å². The smallest absolute Gasteiger partial charge is 0.161 e. The third kappa shape index (κ3) is 2.30. The highest BCUT2D eigenvalue weighted by Gasteiger charge is 2.19. The minimum Gasteiger partial charge on any atom is -0.314 e. The Morgan fingerprint density at radius 2 is 1.89 bits per heavy atom. The molecule has 0 unspecified atom stereocenters. The molecule has 2 aromatic rings. The van der Waals surface area contributed by atoms with Crippen molar-refractivity contribution in [2.45, 2.75) is 39.2 Å². The molecule has 0 saturated carbocycles. The molecule has 0 spiro atoms. The molecule has 0 saturated heterocycles. The number of benzene rings is 1. The molecular weight excluding hydrogens is 248 g/mol. The van der Waals surface area contributed by atoms with Gasteiger partial charge in [-0.25, -0.2) is 13.8 Å². The van der Waals surface area contributed by atoms with Gasteiger partial charge in [0.25, 0.3) is 0 Å². The lowest BCUT2D eigenvalue weighted by Crippen LogP contribution is -2.07. The van der Waals surface area contributed by atoms with Crippen LogP contribution in [0.1, 0.15) is 38.4 Å². The Labute approximate surface area is 110 Å². The summed E-state index contributed by atoms with van der Waals surface area (Å²) in [5.41, 5.74) is 0.874. The molecule has 0 fully saturated rings. The molecule has 2 rings (SSSR count). The van der Waals surface area contributed by atoms with Crippen molar-refractivity contribution >= 4 is 11.0 Å². The van der Waals surface area contributed by atoms with Crippen molar-refractivity contribution in [3.05, 3.63) is 29.6 Å². The SMILES string of the molecule is CCC(CC)c1nc2cc(F)c(F)cc2n1CC#N. The van der Waals surface area contributed by atoms with Crippen molar-refractivity contribution < 1.29 is 8.78 Å². The number of imidazole rings is 1. The van der Waals surface area contributed by atoms with E-state index >= 15 is 0 Å². The van der Waals surface area contributed by atoms with E-state index in [0.29, 0.717) is 11.0 Å². The summed E-state index contributed by atoms with van der Waals surface area (Å²) in [5.74, 6) is -0.911. The van der Waals surface area contributed by atoms with Crippen LogP contribution in [0, 0.1) is 23.0 Å². The van der Waals surface area contributed by atoms with Crippen LogP contribution in [0.25, 0.3) is 11.0 Å². The Balaban J connectivity index is 2.70. The van der Waals surface area contributed by atoms with Crippen molar-refractivity contribution in [3.63, 3.8) is 0 Å². The van der Waals surface area contributed by atoms with Crippen LogP contribution in [-0.2, 0) is 6.54 Å². The lowest BCUT2D eigenvalue weighted by atomic mass is 10.0. The van der Waals surface area contributed by atoms with E-state index in [2.05, 4.69) is 4.98 Å². The second kappa shape index (κ2) is 5.35. The van der Waals surface area contributed by atoms with Crippen molar-refractivity contribution in [1.29, 1.82) is 5.26 Å². The summed E-state index contributed by atoms with van der Waals surface area (Å²) < 4.78 is 28.3. The summed E-state index contributed by atoms with van der Waals surface area (Å²) in [6, 6.07) is 4.25. The molecule has 0 atom stereocenters. The first kappa shape index (κ1) is 13.5. The number of hydrogen-bond acceptors (Lipinski definition) is 2. The van der Waals surface area contributed by atoms with E-state index in [4.69, 9.17) is 5.26 Å². The monoisotopic (exact) mass is 263 g/mol. The van der Waals surface area contributed by atoms with Crippen molar-refractivity contribution in [2.75, 3.05) is 0 Å². The van der Waals surface area contributed by atoms with Crippen LogP contribution in [0.4, 0.5) is 8.78 Å². The summed E-state index contributed by atoms with van der Waals surface area (Å²) in [6.07, 6.45) is 1.74. The zero-order valence-electron chi connectivity index (χ0n) is 11.0. The van der Waals surface area contributed by atoms with E-state index in [1.165, 1.54) is 0 Å². The average molecular weight is 263 g/mol. The van der Waals surface area contributed by atoms with Crippen LogP contribution in [0.5, 0.6) is 0 Å². The quantitative estimate of drug-likeness (QED) is 0.843. The van der Waals surface area contributed by atoms with E-state index in [0.717, 1.165) is 30.8 Å². The topological polar surface area (TPSA) is 41.6 Å². The van der Waals surface area contributed by atoms with Crippen molar-refractivity contribution in [1.82, 2.24) is 9.55 Å². The van der Waals surface area contributed by atoms with Crippen LogP contribution in [0.15, 0.2) is 12.1 Å². The van der Waals surface area contributed by atoms with Gasteiger partial charge >= 0.3 is 0 Å². The Hall–Kier alpha value is -1.96. The zero-order valence-corrected chi connectivity index (χ0v) is 11.0. The van der Waals surface area contributed by atoms with Crippen molar-refractivity contribution in [3.8, 4) is 6.07 Å². The van der Waals surface area contributed by atoms with Crippen LogP contribution < -0.4 is 0 Å². The first-order valence-electron chi connectivity index (χ1n) is 6.34. The maximum atomic E-state index is 13.3. The fraction of sp³-hybridized carbons (Fsp3) is 0.429. The predicted molar refractivity (Wildman–Crippen MR) is 68.6 cm³/mol. The van der Waals surface area contributed by atoms with Gasteiger partial charge in [-0.05, 0) is 12.8 Å². The second-order valence-electron chi connectivity index (χ2n) is 4.48. The molecule has 0 aliphatic heterocycles. The molecule has 0 bridgehead atoms. The minimum absolute atomic E-state index is 0.0907. The summed E-state index contributed by atoms with van der Waals surface area (Å²) in [7, 11) is 0. The maximum absolute atomic E-state index is 13.3. The van der Waals surface area contributed by atoms with Crippen LogP contribution in [-0.4, -0.2) is 9.55 Å². The highest BCUT2D eigenvalue weighted by Crippen LogP contribution is 2.27. The third-order valence-corrected chi connectivity index (χ3v) is 3.40. The van der Waals surface area contributed by atoms with Gasteiger partial charge in [-0.1, -0.05) is 13.8 Å². The number of nitrogens with zero attached hydrogens (tertiary/aromatic N) is 3. The predicted octanol–water partition coefficient (Wildman–Crippen LogP) is 3.74. The zero-order chi connectivity index (χ0) is 14.0. The standard InChI is InChI=1S/C14H15F2N3/c1-3-9(4-2)14-18-12-7-10(15)11(16)8-13(12)19(14)6-5-17/h7-9H,3-4,6H2,1-2H3. The first-order valence-corrected chi connectivity index (χ1v) is 6.34. The lowest BCUT2D eigenvalue weighted by molar-refractivity contribution is 0.510. The van der Waals surface area contributed by atoms with Crippen LogP contribution >= 0.6 is 0 Å². The van der Waals surface area contributed by atoms with Gasteiger partial charge in [0.2, 0.25) is 0 Å². The summed E-state index contributed by atoms with van der Waals surface area (Å²) in [4.78, 5) is 4.38. The summed E-state index contributed by atoms with van der Waals surface area (Å²) in [5, 5.41) is 8.91. The Morgan fingerprint density at radius 3 is 2.47 bits per heavy atom. The molecule has 0 aliphatic carbocycles. The normalized spacial score (nSPS) is 11.2. The number of fused-ring (bicyclic) bond motifs is 1. The van der Waals surface area contributed by atoms with Gasteiger partial charge in [0.15, 0.2) is 11.6 Å². The average Bonchev–Trinajstić information content (AvgIpc) is 2.71. The van der Waals surface area contributed by atoms with Crippen molar-refractivity contribution in [2.24, 2.45) is 0 Å². The Bertz CT molecular complexity index is 636. The van der Waals surface area contributed by atoms with Crippen LogP contribution in [0.2, 0.25) is 0 Å². The molecule has 5 heteroatoms. The van der Waals surface area contributed by atoms with E-state index in [1.807, 2.05) is 19.9 Å². The molecular formula is C14H15F2N3. The molecule has 1 heterocycles. The molecule has 0 aliphatic rings. The fourth-order valence-electron chi connectivity index (χ4n) is 2.34. The third-order valence-electron chi connectivity index (χ3n) is 3.40. The number of halogens is 2. The number of rotatable bonds is 4. The molecule has 0 amide bonds. The summed E-state index contributed by atoms with van der Waals surface area (Å²) in [6.45, 7) is 4.16.